The highest BCUT2D eigenvalue weighted by molar-refractivity contribution is 6.43. The predicted octanol–water partition coefficient (Wildman–Crippen LogP) is 3.95. The Labute approximate surface area is 142 Å². The third-order valence-corrected chi connectivity index (χ3v) is 4.24. The van der Waals surface area contributed by atoms with E-state index in [1.165, 1.54) is 4.57 Å². The highest BCUT2D eigenvalue weighted by atomic mass is 35.5. The second-order valence-corrected chi connectivity index (χ2v) is 5.77. The van der Waals surface area contributed by atoms with Gasteiger partial charge < -0.3 is 9.88 Å². The van der Waals surface area contributed by atoms with Crippen molar-refractivity contribution in [3.8, 4) is 0 Å². The minimum absolute atomic E-state index is 0.105. The zero-order valence-electron chi connectivity index (χ0n) is 11.9. The number of carbonyl (C=O) groups is 1. The fraction of sp³-hybridized carbons (Fsp3) is 0.0588. The first-order valence-electron chi connectivity index (χ1n) is 6.88. The van der Waals surface area contributed by atoms with Gasteiger partial charge in [0, 0.05) is 11.6 Å². The molecule has 3 rings (SSSR count). The molecule has 0 fully saturated rings. The molecule has 116 valence electrons. The molecular weight excluding hydrogens is 335 g/mol. The van der Waals surface area contributed by atoms with Crippen molar-refractivity contribution in [2.45, 2.75) is 6.54 Å². The van der Waals surface area contributed by atoms with E-state index in [2.05, 4.69) is 5.32 Å². The first-order chi connectivity index (χ1) is 11.1. The zero-order chi connectivity index (χ0) is 16.4. The van der Waals surface area contributed by atoms with Gasteiger partial charge in [-0.1, -0.05) is 47.5 Å². The summed E-state index contributed by atoms with van der Waals surface area (Å²) in [7, 11) is 0. The number of anilines is 1. The molecule has 1 amide bonds. The molecule has 3 aromatic rings. The standard InChI is InChI=1S/C17H12Cl2N2O2/c18-13-6-3-7-14(16(13)19)20-15(22)10-21-9-8-11-4-1-2-5-12(11)17(21)23/h1-9H,10H2,(H,20,22). The summed E-state index contributed by atoms with van der Waals surface area (Å²) in [6.07, 6.45) is 1.60. The van der Waals surface area contributed by atoms with Gasteiger partial charge in [0.15, 0.2) is 0 Å². The number of amides is 1. The minimum atomic E-state index is -0.355. The average Bonchev–Trinajstić information content (AvgIpc) is 2.55. The second-order valence-electron chi connectivity index (χ2n) is 4.99. The Morgan fingerprint density at radius 1 is 1.04 bits per heavy atom. The van der Waals surface area contributed by atoms with Crippen molar-refractivity contribution in [2.75, 3.05) is 5.32 Å². The number of benzene rings is 2. The summed E-state index contributed by atoms with van der Waals surface area (Å²) in [5, 5.41) is 4.70. The molecule has 0 radical (unpaired) electrons. The third-order valence-electron chi connectivity index (χ3n) is 3.43. The van der Waals surface area contributed by atoms with Gasteiger partial charge in [-0.05, 0) is 29.7 Å². The number of aromatic nitrogens is 1. The van der Waals surface area contributed by atoms with Gasteiger partial charge in [-0.2, -0.15) is 0 Å². The van der Waals surface area contributed by atoms with Crippen molar-refractivity contribution >= 4 is 45.6 Å². The minimum Gasteiger partial charge on any atom is -0.323 e. The van der Waals surface area contributed by atoms with Crippen molar-refractivity contribution in [2.24, 2.45) is 0 Å². The van der Waals surface area contributed by atoms with Crippen LogP contribution >= 0.6 is 23.2 Å². The molecule has 0 bridgehead atoms. The number of hydrogen-bond donors (Lipinski definition) is 1. The van der Waals surface area contributed by atoms with E-state index in [0.29, 0.717) is 16.1 Å². The van der Waals surface area contributed by atoms with Gasteiger partial charge in [-0.3, -0.25) is 9.59 Å². The third kappa shape index (κ3) is 3.23. The summed E-state index contributed by atoms with van der Waals surface area (Å²) in [6, 6.07) is 14.0. The van der Waals surface area contributed by atoms with Gasteiger partial charge >= 0.3 is 0 Å². The number of fused-ring (bicyclic) bond motifs is 1. The molecule has 0 saturated carbocycles. The summed E-state index contributed by atoms with van der Waals surface area (Å²) in [5.74, 6) is -0.355. The van der Waals surface area contributed by atoms with Crippen molar-refractivity contribution in [1.82, 2.24) is 4.57 Å². The predicted molar refractivity (Wildman–Crippen MR) is 93.3 cm³/mol. The highest BCUT2D eigenvalue weighted by Gasteiger charge is 2.10. The molecule has 0 aliphatic rings. The summed E-state index contributed by atoms with van der Waals surface area (Å²) in [4.78, 5) is 24.5. The smallest absolute Gasteiger partial charge is 0.258 e. The van der Waals surface area contributed by atoms with Gasteiger partial charge in [-0.25, -0.2) is 0 Å². The lowest BCUT2D eigenvalue weighted by atomic mass is 10.2. The number of pyridine rings is 1. The fourth-order valence-corrected chi connectivity index (χ4v) is 2.65. The van der Waals surface area contributed by atoms with Crippen LogP contribution in [0.25, 0.3) is 10.8 Å². The molecule has 0 aliphatic carbocycles. The Morgan fingerprint density at radius 2 is 1.83 bits per heavy atom. The molecule has 0 unspecified atom stereocenters. The van der Waals surface area contributed by atoms with Crippen LogP contribution in [0.4, 0.5) is 5.69 Å². The number of nitrogens with one attached hydrogen (secondary N) is 1. The van der Waals surface area contributed by atoms with E-state index in [9.17, 15) is 9.59 Å². The Balaban J connectivity index is 1.85. The summed E-state index contributed by atoms with van der Waals surface area (Å²) >= 11 is 11.9. The second kappa shape index (κ2) is 6.44. The Hall–Kier alpha value is -2.30. The van der Waals surface area contributed by atoms with Gasteiger partial charge in [0.05, 0.1) is 15.7 Å². The van der Waals surface area contributed by atoms with Gasteiger partial charge in [0.1, 0.15) is 6.54 Å². The van der Waals surface area contributed by atoms with Gasteiger partial charge in [0.25, 0.3) is 5.56 Å². The zero-order valence-corrected chi connectivity index (χ0v) is 13.4. The van der Waals surface area contributed by atoms with Crippen molar-refractivity contribution in [3.05, 3.63) is 75.1 Å². The summed E-state index contributed by atoms with van der Waals surface area (Å²) < 4.78 is 1.36. The molecule has 1 aromatic heterocycles. The van der Waals surface area contributed by atoms with Crippen LogP contribution in [0.3, 0.4) is 0 Å². The fourth-order valence-electron chi connectivity index (χ4n) is 2.30. The molecule has 0 aliphatic heterocycles. The van der Waals surface area contributed by atoms with E-state index in [1.54, 1.807) is 42.6 Å². The van der Waals surface area contributed by atoms with E-state index in [4.69, 9.17) is 23.2 Å². The van der Waals surface area contributed by atoms with Crippen LogP contribution in [0.2, 0.25) is 10.0 Å². The lowest BCUT2D eigenvalue weighted by Crippen LogP contribution is -2.27. The summed E-state index contributed by atoms with van der Waals surface area (Å²) in [6.45, 7) is -0.105. The maximum absolute atomic E-state index is 12.4. The molecular formula is C17H12Cl2N2O2. The highest BCUT2D eigenvalue weighted by Crippen LogP contribution is 2.29. The van der Waals surface area contributed by atoms with Crippen LogP contribution in [-0.2, 0) is 11.3 Å². The maximum Gasteiger partial charge on any atom is 0.258 e. The van der Waals surface area contributed by atoms with Crippen molar-refractivity contribution < 1.29 is 4.79 Å². The number of rotatable bonds is 3. The Kier molecular flexibility index (Phi) is 4.37. The van der Waals surface area contributed by atoms with Crippen LogP contribution in [0, 0.1) is 0 Å². The average molecular weight is 347 g/mol. The molecule has 2 aromatic carbocycles. The first-order valence-corrected chi connectivity index (χ1v) is 7.64. The lowest BCUT2D eigenvalue weighted by Gasteiger charge is -2.10. The molecule has 4 nitrogen and oxygen atoms in total. The van der Waals surface area contributed by atoms with E-state index in [1.807, 2.05) is 12.1 Å². The Morgan fingerprint density at radius 3 is 2.65 bits per heavy atom. The van der Waals surface area contributed by atoms with E-state index in [0.717, 1.165) is 5.39 Å². The van der Waals surface area contributed by atoms with Crippen molar-refractivity contribution in [3.63, 3.8) is 0 Å². The maximum atomic E-state index is 12.4. The lowest BCUT2D eigenvalue weighted by molar-refractivity contribution is -0.116. The van der Waals surface area contributed by atoms with Crippen LogP contribution in [-0.4, -0.2) is 10.5 Å². The number of halogens is 2. The van der Waals surface area contributed by atoms with E-state index < -0.39 is 0 Å². The first kappa shape index (κ1) is 15.6. The molecule has 0 saturated heterocycles. The SMILES string of the molecule is O=C(Cn1ccc2ccccc2c1=O)Nc1cccc(Cl)c1Cl. The van der Waals surface area contributed by atoms with Crippen LogP contribution in [0.5, 0.6) is 0 Å². The van der Waals surface area contributed by atoms with Gasteiger partial charge in [0.2, 0.25) is 5.91 Å². The van der Waals surface area contributed by atoms with Gasteiger partial charge in [-0.15, -0.1) is 0 Å². The molecule has 6 heteroatoms. The topological polar surface area (TPSA) is 51.1 Å². The Bertz CT molecular complexity index is 951. The number of nitrogens with zero attached hydrogens (tertiary/aromatic N) is 1. The quantitative estimate of drug-likeness (QED) is 0.780. The molecule has 1 N–H and O–H groups in total. The van der Waals surface area contributed by atoms with Crippen LogP contribution < -0.4 is 10.9 Å². The van der Waals surface area contributed by atoms with Crippen molar-refractivity contribution in [1.29, 1.82) is 0 Å². The number of hydrogen-bond acceptors (Lipinski definition) is 2. The van der Waals surface area contributed by atoms with Crippen LogP contribution in [0.1, 0.15) is 0 Å². The monoisotopic (exact) mass is 346 g/mol. The van der Waals surface area contributed by atoms with E-state index >= 15 is 0 Å². The molecule has 0 spiro atoms. The molecule has 23 heavy (non-hydrogen) atoms. The molecule has 1 heterocycles. The largest absolute Gasteiger partial charge is 0.323 e. The summed E-state index contributed by atoms with van der Waals surface area (Å²) in [5.41, 5.74) is 0.202. The van der Waals surface area contributed by atoms with E-state index in [-0.39, 0.29) is 23.0 Å². The number of carbonyl (C=O) groups excluding carboxylic acids is 1. The molecule has 0 atom stereocenters. The normalized spacial score (nSPS) is 10.7. The van der Waals surface area contributed by atoms with Crippen LogP contribution in [0.15, 0.2) is 59.5 Å².